The number of halogens is 2. The Balaban J connectivity index is 1.47. The van der Waals surface area contributed by atoms with Crippen LogP contribution in [0.25, 0.3) is 0 Å². The highest BCUT2D eigenvalue weighted by atomic mass is 19.3. The second-order valence-corrected chi connectivity index (χ2v) is 6.16. The molecule has 0 amide bonds. The van der Waals surface area contributed by atoms with Crippen molar-refractivity contribution in [2.45, 2.75) is 32.4 Å². The van der Waals surface area contributed by atoms with Crippen LogP contribution in [0.4, 0.5) is 8.78 Å². The van der Waals surface area contributed by atoms with Gasteiger partial charge in [0.15, 0.2) is 0 Å². The van der Waals surface area contributed by atoms with Crippen molar-refractivity contribution >= 4 is 0 Å². The minimum absolute atomic E-state index is 0.378. The summed E-state index contributed by atoms with van der Waals surface area (Å²) in [5.41, 5.74) is -0.855. The number of rotatable bonds is 6. The van der Waals surface area contributed by atoms with E-state index in [0.29, 0.717) is 12.5 Å². The van der Waals surface area contributed by atoms with E-state index in [1.54, 1.807) is 6.20 Å². The molecule has 3 rings (SSSR count). The molecule has 1 aliphatic rings. The SMILES string of the molecule is O=c1cc(C(F)F)ncn1CC1CCN(CCn2cccn2)CC1. The minimum Gasteiger partial charge on any atom is -0.301 e. The van der Waals surface area contributed by atoms with Crippen LogP contribution in [0.15, 0.2) is 35.6 Å². The molecule has 6 nitrogen and oxygen atoms in total. The molecule has 3 heterocycles. The van der Waals surface area contributed by atoms with Crippen LogP contribution in [0.5, 0.6) is 0 Å². The van der Waals surface area contributed by atoms with Crippen LogP contribution in [0.2, 0.25) is 0 Å². The molecule has 0 spiro atoms. The summed E-state index contributed by atoms with van der Waals surface area (Å²) in [6.07, 6.45) is 4.25. The van der Waals surface area contributed by atoms with E-state index >= 15 is 0 Å². The van der Waals surface area contributed by atoms with Crippen molar-refractivity contribution in [2.75, 3.05) is 19.6 Å². The summed E-state index contributed by atoms with van der Waals surface area (Å²) in [6, 6.07) is 2.85. The summed E-state index contributed by atoms with van der Waals surface area (Å²) in [4.78, 5) is 17.9. The fraction of sp³-hybridized carbons (Fsp3) is 0.562. The summed E-state index contributed by atoms with van der Waals surface area (Å²) in [5.74, 6) is 0.378. The lowest BCUT2D eigenvalue weighted by molar-refractivity contribution is 0.144. The van der Waals surface area contributed by atoms with Gasteiger partial charge in [0.05, 0.1) is 12.9 Å². The van der Waals surface area contributed by atoms with Crippen LogP contribution >= 0.6 is 0 Å². The first-order chi connectivity index (χ1) is 11.6. The first-order valence-electron chi connectivity index (χ1n) is 8.16. The van der Waals surface area contributed by atoms with Crippen LogP contribution in [-0.2, 0) is 13.1 Å². The molecule has 0 bridgehead atoms. The van der Waals surface area contributed by atoms with Crippen LogP contribution in [-0.4, -0.2) is 43.9 Å². The lowest BCUT2D eigenvalue weighted by atomic mass is 9.96. The van der Waals surface area contributed by atoms with Crippen molar-refractivity contribution < 1.29 is 8.78 Å². The minimum atomic E-state index is -2.70. The molecule has 2 aromatic rings. The maximum Gasteiger partial charge on any atom is 0.280 e. The summed E-state index contributed by atoms with van der Waals surface area (Å²) in [7, 11) is 0. The molecule has 1 saturated heterocycles. The molecule has 0 N–H and O–H groups in total. The molecule has 24 heavy (non-hydrogen) atoms. The van der Waals surface area contributed by atoms with Crippen LogP contribution in [0, 0.1) is 5.92 Å². The lowest BCUT2D eigenvalue weighted by Gasteiger charge is -2.32. The summed E-state index contributed by atoms with van der Waals surface area (Å²) >= 11 is 0. The van der Waals surface area contributed by atoms with Gasteiger partial charge in [0.25, 0.3) is 12.0 Å². The van der Waals surface area contributed by atoms with Gasteiger partial charge < -0.3 is 4.90 Å². The zero-order chi connectivity index (χ0) is 16.9. The molecule has 8 heteroatoms. The van der Waals surface area contributed by atoms with Gasteiger partial charge in [-0.05, 0) is 37.9 Å². The average molecular weight is 337 g/mol. The monoisotopic (exact) mass is 337 g/mol. The van der Waals surface area contributed by atoms with Crippen LogP contribution in [0.3, 0.4) is 0 Å². The third-order valence-corrected chi connectivity index (χ3v) is 4.49. The van der Waals surface area contributed by atoms with E-state index in [0.717, 1.165) is 45.1 Å². The Morgan fingerprint density at radius 3 is 2.67 bits per heavy atom. The Morgan fingerprint density at radius 1 is 1.25 bits per heavy atom. The first kappa shape index (κ1) is 16.8. The summed E-state index contributed by atoms with van der Waals surface area (Å²) < 4.78 is 28.4. The van der Waals surface area contributed by atoms with Gasteiger partial charge in [-0.1, -0.05) is 0 Å². The van der Waals surface area contributed by atoms with E-state index in [1.165, 1.54) is 10.9 Å². The van der Waals surface area contributed by atoms with Gasteiger partial charge in [-0.15, -0.1) is 0 Å². The van der Waals surface area contributed by atoms with Gasteiger partial charge in [-0.2, -0.15) is 5.10 Å². The quantitative estimate of drug-likeness (QED) is 0.806. The highest BCUT2D eigenvalue weighted by molar-refractivity contribution is 5.00. The van der Waals surface area contributed by atoms with Crippen molar-refractivity contribution in [3.63, 3.8) is 0 Å². The van der Waals surface area contributed by atoms with E-state index in [2.05, 4.69) is 15.0 Å². The molecular weight excluding hydrogens is 316 g/mol. The number of hydrogen-bond donors (Lipinski definition) is 0. The van der Waals surface area contributed by atoms with Gasteiger partial charge in [0.2, 0.25) is 0 Å². The number of alkyl halides is 2. The Kier molecular flexibility index (Phi) is 5.34. The lowest BCUT2D eigenvalue weighted by Crippen LogP contribution is -2.38. The molecule has 1 aliphatic heterocycles. The van der Waals surface area contributed by atoms with E-state index in [1.807, 2.05) is 16.9 Å². The smallest absolute Gasteiger partial charge is 0.280 e. The molecule has 0 aliphatic carbocycles. The molecule has 0 atom stereocenters. The maximum atomic E-state index is 12.5. The Hall–Kier alpha value is -2.09. The standard InChI is InChI=1S/C16H21F2N5O/c17-16(18)14-10-15(24)22(12-19-14)11-13-2-6-21(7-3-13)8-9-23-5-1-4-20-23/h1,4-5,10,12-13,16H,2-3,6-9,11H2. The molecule has 0 unspecified atom stereocenters. The number of nitrogens with zero attached hydrogens (tertiary/aromatic N) is 5. The maximum absolute atomic E-state index is 12.5. The third-order valence-electron chi connectivity index (χ3n) is 4.49. The zero-order valence-electron chi connectivity index (χ0n) is 13.4. The van der Waals surface area contributed by atoms with Gasteiger partial charge in [0, 0.05) is 31.5 Å². The van der Waals surface area contributed by atoms with Crippen molar-refractivity contribution in [1.29, 1.82) is 0 Å². The topological polar surface area (TPSA) is 56.0 Å². The molecule has 0 saturated carbocycles. The van der Waals surface area contributed by atoms with Crippen molar-refractivity contribution in [2.24, 2.45) is 5.92 Å². The number of likely N-dealkylation sites (tertiary alicyclic amines) is 1. The number of aromatic nitrogens is 4. The third kappa shape index (κ3) is 4.25. The van der Waals surface area contributed by atoms with Crippen molar-refractivity contribution in [3.8, 4) is 0 Å². The van der Waals surface area contributed by atoms with Gasteiger partial charge in [0.1, 0.15) is 5.69 Å². The fourth-order valence-electron chi connectivity index (χ4n) is 3.04. The van der Waals surface area contributed by atoms with Gasteiger partial charge in [-0.3, -0.25) is 14.0 Å². The Labute approximate surface area is 138 Å². The second-order valence-electron chi connectivity index (χ2n) is 6.16. The summed E-state index contributed by atoms with van der Waals surface area (Å²) in [5, 5.41) is 4.19. The van der Waals surface area contributed by atoms with Crippen molar-refractivity contribution in [1.82, 2.24) is 24.2 Å². The average Bonchev–Trinajstić information content (AvgIpc) is 3.09. The fourth-order valence-corrected chi connectivity index (χ4v) is 3.04. The Bertz CT molecular complexity index is 693. The molecule has 0 radical (unpaired) electrons. The highest BCUT2D eigenvalue weighted by Gasteiger charge is 2.20. The molecule has 1 fully saturated rings. The number of hydrogen-bond acceptors (Lipinski definition) is 4. The Morgan fingerprint density at radius 2 is 2.04 bits per heavy atom. The highest BCUT2D eigenvalue weighted by Crippen LogP contribution is 2.19. The normalized spacial score (nSPS) is 16.8. The van der Waals surface area contributed by atoms with Gasteiger partial charge >= 0.3 is 0 Å². The predicted molar refractivity (Wildman–Crippen MR) is 84.8 cm³/mol. The molecule has 2 aromatic heterocycles. The van der Waals surface area contributed by atoms with E-state index in [-0.39, 0.29) is 0 Å². The van der Waals surface area contributed by atoms with E-state index < -0.39 is 17.7 Å². The largest absolute Gasteiger partial charge is 0.301 e. The zero-order valence-corrected chi connectivity index (χ0v) is 13.4. The molecule has 0 aromatic carbocycles. The van der Waals surface area contributed by atoms with Gasteiger partial charge in [-0.25, -0.2) is 13.8 Å². The number of piperidine rings is 1. The first-order valence-corrected chi connectivity index (χ1v) is 8.16. The van der Waals surface area contributed by atoms with Crippen LogP contribution < -0.4 is 5.56 Å². The molecule has 130 valence electrons. The van der Waals surface area contributed by atoms with Crippen LogP contribution in [0.1, 0.15) is 25.0 Å². The van der Waals surface area contributed by atoms with E-state index in [4.69, 9.17) is 0 Å². The predicted octanol–water partition coefficient (Wildman–Crippen LogP) is 1.79. The summed E-state index contributed by atoms with van der Waals surface area (Å²) in [6.45, 7) is 4.32. The molecular formula is C16H21F2N5O. The van der Waals surface area contributed by atoms with Crippen molar-refractivity contribution in [3.05, 3.63) is 46.9 Å². The van der Waals surface area contributed by atoms with E-state index in [9.17, 15) is 13.6 Å². The second kappa shape index (κ2) is 7.65.